The number of halogens is 5. The van der Waals surface area contributed by atoms with Crippen molar-refractivity contribution in [3.05, 3.63) is 42.0 Å². The first-order chi connectivity index (χ1) is 21.9. The fraction of sp³-hybridized carbons (Fsp3) is 0.621. The Hall–Kier alpha value is -4.02. The molecule has 3 aromatic heterocycles. The van der Waals surface area contributed by atoms with E-state index in [1.807, 2.05) is 0 Å². The van der Waals surface area contributed by atoms with Crippen molar-refractivity contribution in [2.45, 2.75) is 75.4 Å². The molecule has 4 atom stereocenters. The summed E-state index contributed by atoms with van der Waals surface area (Å²) in [6.07, 6.45) is 0.117. The number of nitrogens with zero attached hydrogens (tertiary/aromatic N) is 7. The lowest BCUT2D eigenvalue weighted by atomic mass is 9.80. The second-order valence-electron chi connectivity index (χ2n) is 12.2. The molecule has 2 saturated heterocycles. The molecule has 12 nitrogen and oxygen atoms in total. The highest BCUT2D eigenvalue weighted by Gasteiger charge is 2.45. The van der Waals surface area contributed by atoms with Gasteiger partial charge in [0.05, 0.1) is 35.2 Å². The van der Waals surface area contributed by atoms with Crippen LogP contribution in [-0.2, 0) is 16.0 Å². The Bertz CT molecular complexity index is 1600. The Morgan fingerprint density at radius 3 is 2.74 bits per heavy atom. The average Bonchev–Trinajstić information content (AvgIpc) is 3.67. The maximum Gasteiger partial charge on any atom is 0.393 e. The van der Waals surface area contributed by atoms with Gasteiger partial charge in [-0.25, -0.2) is 32.9 Å². The highest BCUT2D eigenvalue weighted by Crippen LogP contribution is 2.42. The van der Waals surface area contributed by atoms with Gasteiger partial charge in [-0.2, -0.15) is 23.4 Å². The van der Waals surface area contributed by atoms with Crippen molar-refractivity contribution >= 4 is 23.8 Å². The molecule has 1 aliphatic carbocycles. The Morgan fingerprint density at radius 1 is 1.24 bits per heavy atom. The lowest BCUT2D eigenvalue weighted by Crippen LogP contribution is -2.47. The number of hydrogen-bond donors (Lipinski definition) is 2. The number of ether oxygens (including phenoxy) is 1. The molecule has 0 aromatic carbocycles. The molecule has 0 bridgehead atoms. The third-order valence-electron chi connectivity index (χ3n) is 9.11. The van der Waals surface area contributed by atoms with Gasteiger partial charge in [0, 0.05) is 57.1 Å². The fourth-order valence-corrected chi connectivity index (χ4v) is 6.72. The smallest absolute Gasteiger partial charge is 0.381 e. The molecule has 0 spiro atoms. The number of fused-ring (bicyclic) bond motifs is 1. The summed E-state index contributed by atoms with van der Waals surface area (Å²) in [7, 11) is 0. The van der Waals surface area contributed by atoms with Crippen molar-refractivity contribution < 1.29 is 36.3 Å². The van der Waals surface area contributed by atoms with Crippen molar-refractivity contribution in [2.75, 3.05) is 19.8 Å². The van der Waals surface area contributed by atoms with Gasteiger partial charge in [-0.15, -0.1) is 0 Å². The summed E-state index contributed by atoms with van der Waals surface area (Å²) in [5.41, 5.74) is 1.11. The van der Waals surface area contributed by atoms with Crippen LogP contribution in [0.25, 0.3) is 12.0 Å². The van der Waals surface area contributed by atoms with Crippen LogP contribution >= 0.6 is 0 Å². The maximum atomic E-state index is 14.6. The van der Waals surface area contributed by atoms with Crippen molar-refractivity contribution in [3.8, 4) is 0 Å². The molecule has 1 saturated carbocycles. The van der Waals surface area contributed by atoms with Crippen molar-refractivity contribution in [1.29, 1.82) is 0 Å². The normalized spacial score (nSPS) is 24.8. The average molecular weight is 652 g/mol. The SMILES string of the molecule is C=Cn1ncnc1C(=O)NC(c1cn2nc(C[C@H]3C[C@@H](C(F)(F)F)CNC3=O)c(C3CCOCC3)nc2n1)[C@H]1CCCC(F)(F)C1. The zero-order chi connectivity index (χ0) is 32.6. The molecule has 5 heterocycles. The molecular formula is C29H34F5N9O3. The highest BCUT2D eigenvalue weighted by atomic mass is 19.4. The third kappa shape index (κ3) is 6.73. The van der Waals surface area contributed by atoms with E-state index in [1.54, 1.807) is 0 Å². The first-order valence-electron chi connectivity index (χ1n) is 15.3. The van der Waals surface area contributed by atoms with E-state index >= 15 is 0 Å². The standard InChI is InChI=1S/C29H34F5N9O3/c1-2-42-24(36-15-37-42)26(45)39-23(17-4-3-7-28(30,31)12-17)21-14-43-27(38-21)40-22(16-5-8-46-9-6-16)20(41-43)11-18-10-19(29(32,33)34)13-35-25(18)44/h2,14-19,23H,1,3-13H2,(H,35,44)(H,39,45)/t17-,18+,19+,23?/m0/s1. The molecule has 2 aliphatic heterocycles. The van der Waals surface area contributed by atoms with Crippen LogP contribution in [0.4, 0.5) is 22.0 Å². The van der Waals surface area contributed by atoms with Gasteiger partial charge in [0.1, 0.15) is 6.33 Å². The first-order valence-corrected chi connectivity index (χ1v) is 15.3. The zero-order valence-corrected chi connectivity index (χ0v) is 24.8. The molecule has 6 rings (SSSR count). The highest BCUT2D eigenvalue weighted by molar-refractivity contribution is 5.91. The quantitative estimate of drug-likeness (QED) is 0.350. The van der Waals surface area contributed by atoms with Gasteiger partial charge < -0.3 is 15.4 Å². The van der Waals surface area contributed by atoms with E-state index in [0.717, 1.165) is 4.68 Å². The number of imidazole rings is 1. The first kappa shape index (κ1) is 31.9. The van der Waals surface area contributed by atoms with Gasteiger partial charge in [-0.1, -0.05) is 6.58 Å². The minimum Gasteiger partial charge on any atom is -0.381 e. The molecule has 0 radical (unpaired) electrons. The van der Waals surface area contributed by atoms with Crippen LogP contribution in [-0.4, -0.2) is 78.0 Å². The number of carbonyl (C=O) groups is 2. The van der Waals surface area contributed by atoms with Crippen molar-refractivity contribution in [2.24, 2.45) is 17.8 Å². The molecule has 2 N–H and O–H groups in total. The van der Waals surface area contributed by atoms with Crippen LogP contribution in [0.15, 0.2) is 19.1 Å². The van der Waals surface area contributed by atoms with Crippen LogP contribution in [0.5, 0.6) is 0 Å². The lowest BCUT2D eigenvalue weighted by Gasteiger charge is -2.33. The Balaban J connectivity index is 1.37. The second-order valence-corrected chi connectivity index (χ2v) is 12.2. The minimum atomic E-state index is -4.46. The number of amides is 2. The van der Waals surface area contributed by atoms with E-state index in [1.165, 1.54) is 23.2 Å². The Kier molecular flexibility index (Phi) is 8.78. The molecule has 3 aliphatic rings. The number of nitrogens with one attached hydrogen (secondary N) is 2. The summed E-state index contributed by atoms with van der Waals surface area (Å²) in [5.74, 6) is -7.51. The van der Waals surface area contributed by atoms with Gasteiger partial charge >= 0.3 is 6.18 Å². The summed E-state index contributed by atoms with van der Waals surface area (Å²) in [6, 6.07) is -0.969. The molecule has 248 valence electrons. The van der Waals surface area contributed by atoms with Gasteiger partial charge in [0.2, 0.25) is 17.7 Å². The van der Waals surface area contributed by atoms with Crippen LogP contribution in [0.2, 0.25) is 0 Å². The summed E-state index contributed by atoms with van der Waals surface area (Å²) < 4.78 is 77.9. The van der Waals surface area contributed by atoms with Crippen LogP contribution in [0.3, 0.4) is 0 Å². The van der Waals surface area contributed by atoms with E-state index in [0.29, 0.717) is 43.9 Å². The van der Waals surface area contributed by atoms with E-state index in [2.05, 4.69) is 37.4 Å². The summed E-state index contributed by atoms with van der Waals surface area (Å²) in [6.45, 7) is 4.03. The number of carbonyl (C=O) groups excluding carboxylic acids is 2. The van der Waals surface area contributed by atoms with E-state index in [4.69, 9.17) is 9.72 Å². The number of rotatable bonds is 8. The maximum absolute atomic E-state index is 14.6. The molecule has 46 heavy (non-hydrogen) atoms. The number of piperidine rings is 1. The van der Waals surface area contributed by atoms with Crippen LogP contribution in [0, 0.1) is 17.8 Å². The monoisotopic (exact) mass is 651 g/mol. The topological polar surface area (TPSA) is 141 Å². The molecule has 17 heteroatoms. The second kappa shape index (κ2) is 12.6. The van der Waals surface area contributed by atoms with Crippen LogP contribution in [0.1, 0.15) is 84.6 Å². The van der Waals surface area contributed by atoms with E-state index < -0.39 is 60.7 Å². The van der Waals surface area contributed by atoms with Gasteiger partial charge in [-0.3, -0.25) is 9.59 Å². The predicted molar refractivity (Wildman–Crippen MR) is 151 cm³/mol. The van der Waals surface area contributed by atoms with E-state index in [9.17, 15) is 31.5 Å². The predicted octanol–water partition coefficient (Wildman–Crippen LogP) is 3.86. The molecule has 2 amide bonds. The summed E-state index contributed by atoms with van der Waals surface area (Å²) in [5, 5.41) is 13.8. The number of hydrogen-bond acceptors (Lipinski definition) is 8. The van der Waals surface area contributed by atoms with Crippen molar-refractivity contribution in [3.63, 3.8) is 0 Å². The van der Waals surface area contributed by atoms with E-state index in [-0.39, 0.29) is 48.9 Å². The minimum absolute atomic E-state index is 0.0756. The molecule has 3 fully saturated rings. The molecular weight excluding hydrogens is 617 g/mol. The molecule has 3 aromatic rings. The third-order valence-corrected chi connectivity index (χ3v) is 9.11. The van der Waals surface area contributed by atoms with Gasteiger partial charge in [0.15, 0.2) is 0 Å². The molecule has 1 unspecified atom stereocenters. The zero-order valence-electron chi connectivity index (χ0n) is 24.8. The fourth-order valence-electron chi connectivity index (χ4n) is 6.72. The largest absolute Gasteiger partial charge is 0.393 e. The van der Waals surface area contributed by atoms with Gasteiger partial charge in [0.25, 0.3) is 11.7 Å². The summed E-state index contributed by atoms with van der Waals surface area (Å²) in [4.78, 5) is 39.3. The van der Waals surface area contributed by atoms with Gasteiger partial charge in [-0.05, 0) is 38.0 Å². The Morgan fingerprint density at radius 2 is 2.02 bits per heavy atom. The number of alkyl halides is 5. The summed E-state index contributed by atoms with van der Waals surface area (Å²) >= 11 is 0. The van der Waals surface area contributed by atoms with Crippen molar-refractivity contribution in [1.82, 2.24) is 45.0 Å². The number of aromatic nitrogens is 7. The Labute approximate surface area is 260 Å². The van der Waals surface area contributed by atoms with Crippen LogP contribution < -0.4 is 10.6 Å². The lowest BCUT2D eigenvalue weighted by molar-refractivity contribution is -0.183.